The zero-order valence-corrected chi connectivity index (χ0v) is 22.5. The molecule has 0 amide bonds. The number of aliphatic hydroxyl groups excluding tert-OH is 1. The first kappa shape index (κ1) is 24.5. The van der Waals surface area contributed by atoms with E-state index in [-0.39, 0.29) is 45.9 Å². The lowest BCUT2D eigenvalue weighted by Crippen LogP contribution is -2.65. The molecule has 0 aromatic carbocycles. The Morgan fingerprint density at radius 1 is 0.941 bits per heavy atom. The molecule has 4 nitrogen and oxygen atoms in total. The van der Waals surface area contributed by atoms with Crippen LogP contribution in [0.15, 0.2) is 11.6 Å². The van der Waals surface area contributed by atoms with Crippen molar-refractivity contribution in [3.8, 4) is 0 Å². The average molecular weight is 471 g/mol. The highest BCUT2D eigenvalue weighted by atomic mass is 16.4. The summed E-state index contributed by atoms with van der Waals surface area (Å²) in [6, 6.07) is 0. The number of carboxylic acids is 1. The molecule has 5 aliphatic rings. The van der Waals surface area contributed by atoms with E-state index in [2.05, 4.69) is 47.6 Å². The SMILES string of the molecule is CC1(C)[C@@H](O)CC[C@]2(C)[C@H]3CC=C4[C@@H]5C[C@](C)(C(=O)O)CC(=O)[C@]5(C)CC[C@@]4(C)[C@]3(C)CC[C@@H]12. The quantitative estimate of drug-likeness (QED) is 0.434. The van der Waals surface area contributed by atoms with Crippen molar-refractivity contribution in [3.05, 3.63) is 11.6 Å². The van der Waals surface area contributed by atoms with E-state index in [4.69, 9.17) is 0 Å². The van der Waals surface area contributed by atoms with Crippen molar-refractivity contribution < 1.29 is 19.8 Å². The zero-order valence-electron chi connectivity index (χ0n) is 22.5. The van der Waals surface area contributed by atoms with E-state index in [1.54, 1.807) is 6.92 Å². The van der Waals surface area contributed by atoms with E-state index < -0.39 is 16.8 Å². The molecule has 0 unspecified atom stereocenters. The van der Waals surface area contributed by atoms with Crippen LogP contribution in [0.5, 0.6) is 0 Å². The number of carbonyl (C=O) groups is 2. The predicted molar refractivity (Wildman–Crippen MR) is 133 cm³/mol. The molecule has 0 aromatic heterocycles. The number of aliphatic hydroxyl groups is 1. The summed E-state index contributed by atoms with van der Waals surface area (Å²) in [7, 11) is 0. The fraction of sp³-hybridized carbons (Fsp3) is 0.867. The van der Waals surface area contributed by atoms with Gasteiger partial charge >= 0.3 is 5.97 Å². The molecule has 0 heterocycles. The zero-order chi connectivity index (χ0) is 25.1. The molecule has 4 saturated carbocycles. The maximum absolute atomic E-state index is 13.4. The van der Waals surface area contributed by atoms with Gasteiger partial charge in [-0.1, -0.05) is 53.2 Å². The number of ketones is 1. The molecule has 4 heteroatoms. The fourth-order valence-corrected chi connectivity index (χ4v) is 10.4. The number of allylic oxidation sites excluding steroid dienone is 2. The van der Waals surface area contributed by atoms with E-state index >= 15 is 0 Å². The summed E-state index contributed by atoms with van der Waals surface area (Å²) in [6.07, 6.45) is 10.1. The lowest BCUT2D eigenvalue weighted by atomic mass is 9.33. The second kappa shape index (κ2) is 6.99. The lowest BCUT2D eigenvalue weighted by Gasteiger charge is -2.71. The minimum atomic E-state index is -0.967. The second-order valence-electron chi connectivity index (χ2n) is 14.8. The summed E-state index contributed by atoms with van der Waals surface area (Å²) in [5, 5.41) is 20.9. The van der Waals surface area contributed by atoms with E-state index in [9.17, 15) is 19.8 Å². The van der Waals surface area contributed by atoms with Crippen LogP contribution in [-0.4, -0.2) is 28.1 Å². The van der Waals surface area contributed by atoms with Crippen molar-refractivity contribution in [3.63, 3.8) is 0 Å². The molecular formula is C30H46O4. The molecule has 190 valence electrons. The highest BCUT2D eigenvalue weighted by molar-refractivity contribution is 5.92. The van der Waals surface area contributed by atoms with Crippen molar-refractivity contribution in [2.75, 3.05) is 0 Å². The molecule has 34 heavy (non-hydrogen) atoms. The average Bonchev–Trinajstić information content (AvgIpc) is 2.73. The summed E-state index contributed by atoms with van der Waals surface area (Å²) in [5.41, 5.74) is 0.251. The minimum absolute atomic E-state index is 0.00862. The third kappa shape index (κ3) is 2.75. The molecule has 9 atom stereocenters. The summed E-state index contributed by atoms with van der Waals surface area (Å²) in [6.45, 7) is 15.9. The van der Waals surface area contributed by atoms with Gasteiger partial charge in [0.25, 0.3) is 0 Å². The Morgan fingerprint density at radius 3 is 2.26 bits per heavy atom. The molecule has 0 saturated heterocycles. The number of carboxylic acid groups (broad SMARTS) is 1. The van der Waals surface area contributed by atoms with Crippen LogP contribution < -0.4 is 0 Å². The van der Waals surface area contributed by atoms with E-state index in [0.717, 1.165) is 44.9 Å². The molecule has 5 rings (SSSR count). The van der Waals surface area contributed by atoms with Gasteiger partial charge in [-0.2, -0.15) is 0 Å². The first-order valence-corrected chi connectivity index (χ1v) is 13.7. The standard InChI is InChI=1S/C30H46O4/c1-25(2)20-10-13-30(7)21(28(20,5)12-11-22(25)31)9-8-18-19-16-26(3,24(33)34)17-23(32)27(19,4)14-15-29(18,30)6/h8,19-22,31H,9-17H2,1-7H3,(H,33,34)/t19-,20-,21+,22-,26-,27+,28-,29+,30+/m0/s1. The Morgan fingerprint density at radius 2 is 1.62 bits per heavy atom. The van der Waals surface area contributed by atoms with Crippen LogP contribution in [0.2, 0.25) is 0 Å². The van der Waals surface area contributed by atoms with Gasteiger partial charge in [0.15, 0.2) is 0 Å². The number of hydrogen-bond acceptors (Lipinski definition) is 3. The number of rotatable bonds is 1. The van der Waals surface area contributed by atoms with Gasteiger partial charge in [-0.05, 0) is 97.7 Å². The lowest BCUT2D eigenvalue weighted by molar-refractivity contribution is -0.203. The van der Waals surface area contributed by atoms with Crippen LogP contribution in [0.1, 0.15) is 106 Å². The molecule has 4 fully saturated rings. The Bertz CT molecular complexity index is 965. The minimum Gasteiger partial charge on any atom is -0.481 e. The molecule has 2 N–H and O–H groups in total. The van der Waals surface area contributed by atoms with E-state index in [0.29, 0.717) is 18.3 Å². The number of hydrogen-bond donors (Lipinski definition) is 2. The van der Waals surface area contributed by atoms with Crippen LogP contribution in [0.4, 0.5) is 0 Å². The van der Waals surface area contributed by atoms with Crippen molar-refractivity contribution in [2.45, 2.75) is 112 Å². The summed E-state index contributed by atoms with van der Waals surface area (Å²) < 4.78 is 0. The summed E-state index contributed by atoms with van der Waals surface area (Å²) in [5.74, 6) is 0.422. The Kier molecular flexibility index (Phi) is 5.04. The Hall–Kier alpha value is -1.16. The van der Waals surface area contributed by atoms with Crippen molar-refractivity contribution in [2.24, 2.45) is 50.2 Å². The highest BCUT2D eigenvalue weighted by Gasteiger charge is 2.69. The van der Waals surface area contributed by atoms with Gasteiger partial charge in [-0.15, -0.1) is 0 Å². The summed E-state index contributed by atoms with van der Waals surface area (Å²) >= 11 is 0. The van der Waals surface area contributed by atoms with Gasteiger partial charge in [-0.25, -0.2) is 0 Å². The number of carbonyl (C=O) groups excluding carboxylic acids is 1. The molecule has 0 aromatic rings. The first-order chi connectivity index (χ1) is 15.6. The van der Waals surface area contributed by atoms with Crippen molar-refractivity contribution >= 4 is 11.8 Å². The van der Waals surface area contributed by atoms with Crippen molar-refractivity contribution in [1.82, 2.24) is 0 Å². The topological polar surface area (TPSA) is 74.6 Å². The Balaban J connectivity index is 1.59. The van der Waals surface area contributed by atoms with E-state index in [1.165, 1.54) is 5.57 Å². The highest BCUT2D eigenvalue weighted by Crippen LogP contribution is 2.75. The van der Waals surface area contributed by atoms with Gasteiger partial charge in [0.2, 0.25) is 0 Å². The largest absolute Gasteiger partial charge is 0.481 e. The molecular weight excluding hydrogens is 424 g/mol. The number of fused-ring (bicyclic) bond motifs is 7. The van der Waals surface area contributed by atoms with Crippen LogP contribution in [0, 0.1) is 50.2 Å². The molecule has 0 aliphatic heterocycles. The van der Waals surface area contributed by atoms with Gasteiger partial charge in [0.05, 0.1) is 11.5 Å². The van der Waals surface area contributed by atoms with Crippen LogP contribution >= 0.6 is 0 Å². The molecule has 0 radical (unpaired) electrons. The van der Waals surface area contributed by atoms with Gasteiger partial charge in [0, 0.05) is 11.8 Å². The molecule has 0 spiro atoms. The van der Waals surface area contributed by atoms with Crippen molar-refractivity contribution in [1.29, 1.82) is 0 Å². The van der Waals surface area contributed by atoms with Gasteiger partial charge < -0.3 is 10.2 Å². The fourth-order valence-electron chi connectivity index (χ4n) is 10.4. The third-order valence-corrected chi connectivity index (χ3v) is 13.1. The smallest absolute Gasteiger partial charge is 0.309 e. The maximum Gasteiger partial charge on any atom is 0.309 e. The van der Waals surface area contributed by atoms with Gasteiger partial charge in [-0.3, -0.25) is 9.59 Å². The van der Waals surface area contributed by atoms with Crippen LogP contribution in [0.3, 0.4) is 0 Å². The van der Waals surface area contributed by atoms with E-state index in [1.807, 2.05) is 0 Å². The molecule has 0 bridgehead atoms. The van der Waals surface area contributed by atoms with Crippen LogP contribution in [-0.2, 0) is 9.59 Å². The first-order valence-electron chi connectivity index (χ1n) is 13.7. The number of aliphatic carboxylic acids is 1. The maximum atomic E-state index is 13.4. The Labute approximate surface area is 206 Å². The normalized spacial score (nSPS) is 54.1. The number of Topliss-reactive ketones (excluding diaryl/α,β-unsaturated/α-hetero) is 1. The second-order valence-corrected chi connectivity index (χ2v) is 14.8. The molecule has 5 aliphatic carbocycles. The van der Waals surface area contributed by atoms with Gasteiger partial charge in [0.1, 0.15) is 5.78 Å². The monoisotopic (exact) mass is 470 g/mol. The van der Waals surface area contributed by atoms with Crippen LogP contribution in [0.25, 0.3) is 0 Å². The summed E-state index contributed by atoms with van der Waals surface area (Å²) in [4.78, 5) is 25.7. The predicted octanol–water partition coefficient (Wildman–Crippen LogP) is 6.41. The third-order valence-electron chi connectivity index (χ3n) is 13.1.